The molecule has 3 rings (SSSR count). The van der Waals surface area contributed by atoms with Crippen LogP contribution < -0.4 is 0 Å². The molecule has 0 saturated carbocycles. The highest BCUT2D eigenvalue weighted by Gasteiger charge is 2.14. The molecule has 3 aromatic rings. The van der Waals surface area contributed by atoms with Gasteiger partial charge in [0.25, 0.3) is 0 Å². The standard InChI is InChI=1S/C16H14FIN2S2/c1-3-21-11-4-5-15(17)14(9-11)13-8-10(2)19-16-12(13)6-7-20(16)22-18/h4-9H,3H2,1-2H3. The number of rotatable bonds is 4. The van der Waals surface area contributed by atoms with Gasteiger partial charge in [0, 0.05) is 58.1 Å². The lowest BCUT2D eigenvalue weighted by atomic mass is 10.0. The van der Waals surface area contributed by atoms with Crippen LogP contribution in [0.5, 0.6) is 0 Å². The molecular weight excluding hydrogens is 430 g/mol. The number of aromatic nitrogens is 2. The topological polar surface area (TPSA) is 17.8 Å². The maximum absolute atomic E-state index is 14.4. The average Bonchev–Trinajstić information content (AvgIpc) is 2.91. The van der Waals surface area contributed by atoms with Crippen molar-refractivity contribution in [3.05, 3.63) is 48.0 Å². The zero-order chi connectivity index (χ0) is 15.7. The molecule has 0 N–H and O–H groups in total. The molecule has 114 valence electrons. The Morgan fingerprint density at radius 2 is 2.05 bits per heavy atom. The zero-order valence-corrected chi connectivity index (χ0v) is 15.9. The summed E-state index contributed by atoms with van der Waals surface area (Å²) >= 11 is 3.94. The molecule has 0 fully saturated rings. The Kier molecular flexibility index (Phi) is 4.99. The van der Waals surface area contributed by atoms with Crippen molar-refractivity contribution in [2.75, 3.05) is 5.75 Å². The first-order valence-electron chi connectivity index (χ1n) is 6.84. The number of aryl methyl sites for hydroxylation is 1. The monoisotopic (exact) mass is 444 g/mol. The molecule has 6 heteroatoms. The van der Waals surface area contributed by atoms with E-state index in [9.17, 15) is 4.39 Å². The summed E-state index contributed by atoms with van der Waals surface area (Å²) < 4.78 is 16.4. The molecule has 0 radical (unpaired) electrons. The molecule has 0 aliphatic rings. The normalized spacial score (nSPS) is 11.3. The molecule has 0 atom stereocenters. The number of thioether (sulfide) groups is 1. The van der Waals surface area contributed by atoms with E-state index in [4.69, 9.17) is 0 Å². The van der Waals surface area contributed by atoms with Crippen LogP contribution in [-0.4, -0.2) is 14.7 Å². The lowest BCUT2D eigenvalue weighted by Gasteiger charge is -2.09. The summed E-state index contributed by atoms with van der Waals surface area (Å²) in [6, 6.07) is 9.29. The summed E-state index contributed by atoms with van der Waals surface area (Å²) in [5.41, 5.74) is 3.32. The smallest absolute Gasteiger partial charge is 0.151 e. The molecule has 0 aliphatic carbocycles. The van der Waals surface area contributed by atoms with Gasteiger partial charge < -0.3 is 0 Å². The van der Waals surface area contributed by atoms with Gasteiger partial charge in [-0.25, -0.2) is 9.37 Å². The molecule has 0 spiro atoms. The zero-order valence-electron chi connectivity index (χ0n) is 12.1. The lowest BCUT2D eigenvalue weighted by molar-refractivity contribution is 0.630. The van der Waals surface area contributed by atoms with Crippen molar-refractivity contribution in [1.82, 2.24) is 8.96 Å². The van der Waals surface area contributed by atoms with Crippen molar-refractivity contribution < 1.29 is 4.39 Å². The fraction of sp³-hybridized carbons (Fsp3) is 0.188. The van der Waals surface area contributed by atoms with Crippen molar-refractivity contribution in [2.24, 2.45) is 0 Å². The van der Waals surface area contributed by atoms with Gasteiger partial charge in [-0.05, 0) is 48.6 Å². The largest absolute Gasteiger partial charge is 0.266 e. The van der Waals surface area contributed by atoms with E-state index >= 15 is 0 Å². The van der Waals surface area contributed by atoms with Gasteiger partial charge in [0.2, 0.25) is 0 Å². The maximum atomic E-state index is 14.4. The van der Waals surface area contributed by atoms with E-state index in [1.54, 1.807) is 26.9 Å². The third-order valence-electron chi connectivity index (χ3n) is 3.37. The van der Waals surface area contributed by atoms with Crippen LogP contribution in [0.3, 0.4) is 0 Å². The second kappa shape index (κ2) is 6.80. The van der Waals surface area contributed by atoms with Crippen LogP contribution in [0.4, 0.5) is 4.39 Å². The van der Waals surface area contributed by atoms with E-state index in [-0.39, 0.29) is 5.82 Å². The van der Waals surface area contributed by atoms with Crippen molar-refractivity contribution in [1.29, 1.82) is 0 Å². The van der Waals surface area contributed by atoms with Gasteiger partial charge in [-0.15, -0.1) is 11.8 Å². The molecule has 2 nitrogen and oxygen atoms in total. The molecule has 0 aliphatic heterocycles. The number of nitrogens with zero attached hydrogens (tertiary/aromatic N) is 2. The minimum atomic E-state index is -0.192. The minimum Gasteiger partial charge on any atom is -0.266 e. The lowest BCUT2D eigenvalue weighted by Crippen LogP contribution is -1.92. The fourth-order valence-corrected chi connectivity index (χ4v) is 4.42. The predicted octanol–water partition coefficient (Wildman–Crippen LogP) is 6.11. The van der Waals surface area contributed by atoms with Crippen molar-refractivity contribution in [3.63, 3.8) is 0 Å². The van der Waals surface area contributed by atoms with E-state index < -0.39 is 0 Å². The van der Waals surface area contributed by atoms with Crippen molar-refractivity contribution in [3.8, 4) is 11.1 Å². The molecule has 0 bridgehead atoms. The van der Waals surface area contributed by atoms with Gasteiger partial charge in [-0.2, -0.15) is 0 Å². The Labute approximate surface area is 149 Å². The first-order valence-corrected chi connectivity index (χ1v) is 11.1. The Morgan fingerprint density at radius 3 is 2.77 bits per heavy atom. The highest BCUT2D eigenvalue weighted by Crippen LogP contribution is 2.35. The number of fused-ring (bicyclic) bond motifs is 1. The number of pyridine rings is 1. The number of hydrogen-bond acceptors (Lipinski definition) is 3. The molecule has 2 heterocycles. The second-order valence-electron chi connectivity index (χ2n) is 4.83. The number of hydrogen-bond donors (Lipinski definition) is 0. The number of benzene rings is 1. The molecule has 1 aromatic carbocycles. The first-order chi connectivity index (χ1) is 10.6. The highest BCUT2D eigenvalue weighted by molar-refractivity contribution is 14.2. The Morgan fingerprint density at radius 1 is 1.23 bits per heavy atom. The van der Waals surface area contributed by atoms with E-state index in [0.717, 1.165) is 32.9 Å². The highest BCUT2D eigenvalue weighted by atomic mass is 127. The van der Waals surface area contributed by atoms with Gasteiger partial charge in [0.15, 0.2) is 5.65 Å². The Bertz CT molecular complexity index is 832. The van der Waals surface area contributed by atoms with E-state index in [0.29, 0.717) is 5.56 Å². The van der Waals surface area contributed by atoms with Gasteiger partial charge in [-0.1, -0.05) is 6.92 Å². The van der Waals surface area contributed by atoms with E-state index in [1.807, 2.05) is 41.4 Å². The van der Waals surface area contributed by atoms with Crippen molar-refractivity contribution in [2.45, 2.75) is 18.7 Å². The first kappa shape index (κ1) is 16.1. The SMILES string of the molecule is CCSc1ccc(F)c(-c2cc(C)nc3c2ccn3SI)c1. The molecule has 22 heavy (non-hydrogen) atoms. The van der Waals surface area contributed by atoms with Gasteiger partial charge in [0.05, 0.1) is 0 Å². The fourth-order valence-electron chi connectivity index (χ4n) is 2.46. The summed E-state index contributed by atoms with van der Waals surface area (Å²) in [6.45, 7) is 4.04. The van der Waals surface area contributed by atoms with E-state index in [1.165, 1.54) is 0 Å². The van der Waals surface area contributed by atoms with Crippen LogP contribution in [0, 0.1) is 12.7 Å². The Hall–Kier alpha value is -0.730. The summed E-state index contributed by atoms with van der Waals surface area (Å²) in [4.78, 5) is 5.68. The average molecular weight is 444 g/mol. The molecule has 0 amide bonds. The summed E-state index contributed by atoms with van der Waals surface area (Å²) in [7, 11) is 1.56. The van der Waals surface area contributed by atoms with Gasteiger partial charge in [-0.3, -0.25) is 3.97 Å². The van der Waals surface area contributed by atoms with Crippen LogP contribution in [0.25, 0.3) is 22.2 Å². The summed E-state index contributed by atoms with van der Waals surface area (Å²) in [5, 5.41) is 0.979. The van der Waals surface area contributed by atoms with Crippen molar-refractivity contribution >= 4 is 53.1 Å². The van der Waals surface area contributed by atoms with Crippen LogP contribution in [-0.2, 0) is 0 Å². The Balaban J connectivity index is 2.25. The summed E-state index contributed by atoms with van der Waals surface area (Å²) in [5.74, 6) is 0.778. The van der Waals surface area contributed by atoms with Gasteiger partial charge in [0.1, 0.15) is 5.82 Å². The van der Waals surface area contributed by atoms with Crippen LogP contribution in [0.1, 0.15) is 12.6 Å². The molecule has 0 saturated heterocycles. The third-order valence-corrected chi connectivity index (χ3v) is 5.96. The van der Waals surface area contributed by atoms with E-state index in [2.05, 4.69) is 33.1 Å². The van der Waals surface area contributed by atoms with Crippen LogP contribution in [0.15, 0.2) is 41.4 Å². The third kappa shape index (κ3) is 3.00. The van der Waals surface area contributed by atoms with Crippen LogP contribution >= 0.6 is 42.1 Å². The predicted molar refractivity (Wildman–Crippen MR) is 103 cm³/mol. The maximum Gasteiger partial charge on any atom is 0.151 e. The van der Waals surface area contributed by atoms with Gasteiger partial charge >= 0.3 is 0 Å². The molecular formula is C16H14FIN2S2. The van der Waals surface area contributed by atoms with Crippen LogP contribution in [0.2, 0.25) is 0 Å². The quantitative estimate of drug-likeness (QED) is 0.357. The minimum absolute atomic E-state index is 0.192. The number of halogens is 2. The summed E-state index contributed by atoms with van der Waals surface area (Å²) in [6.07, 6.45) is 1.97. The molecule has 0 unspecified atom stereocenters. The molecule has 2 aromatic heterocycles. The second-order valence-corrected chi connectivity index (χ2v) is 7.88.